The lowest BCUT2D eigenvalue weighted by Crippen LogP contribution is -2.20. The normalized spacial score (nSPS) is 16.3. The first-order chi connectivity index (χ1) is 14.9. The van der Waals surface area contributed by atoms with E-state index >= 15 is 0 Å². The molecule has 158 valence electrons. The van der Waals surface area contributed by atoms with E-state index in [1.54, 1.807) is 18.5 Å². The third-order valence-electron chi connectivity index (χ3n) is 5.61. The Balaban J connectivity index is 1.37. The molecule has 0 saturated heterocycles. The van der Waals surface area contributed by atoms with Crippen molar-refractivity contribution < 1.29 is 13.7 Å². The average Bonchev–Trinajstić information content (AvgIpc) is 3.40. The van der Waals surface area contributed by atoms with E-state index in [4.69, 9.17) is 9.26 Å². The van der Waals surface area contributed by atoms with Gasteiger partial charge in [0.1, 0.15) is 11.9 Å². The minimum absolute atomic E-state index is 0.0855. The summed E-state index contributed by atoms with van der Waals surface area (Å²) in [7, 11) is 0. The Labute approximate surface area is 179 Å². The lowest BCUT2D eigenvalue weighted by molar-refractivity contribution is 0.00326. The van der Waals surface area contributed by atoms with Gasteiger partial charge in [0.2, 0.25) is 5.82 Å². The van der Waals surface area contributed by atoms with Crippen LogP contribution >= 0.6 is 0 Å². The zero-order valence-electron chi connectivity index (χ0n) is 17.7. The van der Waals surface area contributed by atoms with Crippen LogP contribution in [0, 0.1) is 5.82 Å². The van der Waals surface area contributed by atoms with Gasteiger partial charge in [0.15, 0.2) is 5.69 Å². The number of benzene rings is 2. The summed E-state index contributed by atoms with van der Waals surface area (Å²) in [5, 5.41) is 4.14. The summed E-state index contributed by atoms with van der Waals surface area (Å²) < 4.78 is 26.8. The third kappa shape index (κ3) is 3.77. The summed E-state index contributed by atoms with van der Waals surface area (Å²) in [4.78, 5) is 9.05. The number of halogens is 1. The maximum absolute atomic E-state index is 13.2. The van der Waals surface area contributed by atoms with Crippen molar-refractivity contribution in [1.82, 2.24) is 19.7 Å². The van der Waals surface area contributed by atoms with E-state index in [0.717, 1.165) is 16.8 Å². The number of hydrogen-bond donors (Lipinski definition) is 0. The van der Waals surface area contributed by atoms with Gasteiger partial charge in [0, 0.05) is 5.56 Å². The lowest BCUT2D eigenvalue weighted by Gasteiger charge is -2.25. The fraction of sp³-hybridized carbons (Fsp3) is 0.292. The SMILES string of the molecule is CC(C)(C)c1ccc(-c2noc(-c3ncn4c3CO[C@H](c3ccc(F)cc3)C4)n2)cc1. The molecule has 31 heavy (non-hydrogen) atoms. The number of nitrogens with zero attached hydrogens (tertiary/aromatic N) is 4. The minimum atomic E-state index is -0.259. The summed E-state index contributed by atoms with van der Waals surface area (Å²) in [5.74, 6) is 0.635. The molecule has 0 amide bonds. The molecule has 0 N–H and O–H groups in total. The molecule has 1 atom stereocenters. The van der Waals surface area contributed by atoms with Gasteiger partial charge in [-0.3, -0.25) is 0 Å². The Morgan fingerprint density at radius 2 is 1.77 bits per heavy atom. The van der Waals surface area contributed by atoms with Crippen LogP contribution in [0.15, 0.2) is 59.4 Å². The highest BCUT2D eigenvalue weighted by atomic mass is 19.1. The molecule has 0 saturated carbocycles. The average molecular weight is 418 g/mol. The molecule has 1 aliphatic heterocycles. The molecule has 3 heterocycles. The highest BCUT2D eigenvalue weighted by Gasteiger charge is 2.26. The lowest BCUT2D eigenvalue weighted by atomic mass is 9.87. The molecule has 1 aliphatic rings. The molecule has 4 aromatic rings. The predicted molar refractivity (Wildman–Crippen MR) is 114 cm³/mol. The zero-order valence-corrected chi connectivity index (χ0v) is 17.7. The predicted octanol–water partition coefficient (Wildman–Crippen LogP) is 5.31. The van der Waals surface area contributed by atoms with E-state index < -0.39 is 0 Å². The molecule has 7 heteroatoms. The first-order valence-corrected chi connectivity index (χ1v) is 10.2. The van der Waals surface area contributed by atoms with E-state index in [1.807, 2.05) is 16.7 Å². The van der Waals surface area contributed by atoms with Gasteiger partial charge in [0.05, 0.1) is 25.2 Å². The van der Waals surface area contributed by atoms with Gasteiger partial charge in [-0.25, -0.2) is 9.37 Å². The van der Waals surface area contributed by atoms with Gasteiger partial charge in [-0.05, 0) is 28.7 Å². The largest absolute Gasteiger partial charge is 0.365 e. The second-order valence-electron chi connectivity index (χ2n) is 8.79. The summed E-state index contributed by atoms with van der Waals surface area (Å²) >= 11 is 0. The van der Waals surface area contributed by atoms with Gasteiger partial charge in [-0.2, -0.15) is 4.98 Å². The van der Waals surface area contributed by atoms with Crippen molar-refractivity contribution in [2.45, 2.75) is 45.4 Å². The summed E-state index contributed by atoms with van der Waals surface area (Å²) in [6.45, 7) is 7.48. The number of ether oxygens (including phenoxy) is 1. The van der Waals surface area contributed by atoms with Crippen LogP contribution in [0.25, 0.3) is 23.0 Å². The number of fused-ring (bicyclic) bond motifs is 1. The number of rotatable bonds is 3. The Hall–Kier alpha value is -3.32. The van der Waals surface area contributed by atoms with E-state index in [9.17, 15) is 4.39 Å². The Morgan fingerprint density at radius 3 is 2.48 bits per heavy atom. The first kappa shape index (κ1) is 19.6. The topological polar surface area (TPSA) is 66.0 Å². The fourth-order valence-corrected chi connectivity index (χ4v) is 3.74. The molecule has 0 unspecified atom stereocenters. The van der Waals surface area contributed by atoms with Gasteiger partial charge in [0.25, 0.3) is 5.89 Å². The molecule has 2 aromatic carbocycles. The highest BCUT2D eigenvalue weighted by Crippen LogP contribution is 2.32. The molecule has 2 aromatic heterocycles. The van der Waals surface area contributed by atoms with Gasteiger partial charge in [-0.15, -0.1) is 0 Å². The monoisotopic (exact) mass is 418 g/mol. The van der Waals surface area contributed by atoms with Crippen molar-refractivity contribution in [3.63, 3.8) is 0 Å². The Kier molecular flexibility index (Phi) is 4.70. The highest BCUT2D eigenvalue weighted by molar-refractivity contribution is 5.59. The van der Waals surface area contributed by atoms with Crippen LogP contribution in [0.4, 0.5) is 4.39 Å². The van der Waals surface area contributed by atoms with Crippen molar-refractivity contribution in [3.8, 4) is 23.0 Å². The van der Waals surface area contributed by atoms with Crippen LogP contribution in [0.3, 0.4) is 0 Å². The van der Waals surface area contributed by atoms with E-state index in [2.05, 4.69) is 48.0 Å². The molecular weight excluding hydrogens is 395 g/mol. The van der Waals surface area contributed by atoms with Crippen molar-refractivity contribution in [3.05, 3.63) is 77.5 Å². The molecule has 6 nitrogen and oxygen atoms in total. The van der Waals surface area contributed by atoms with Crippen LogP contribution in [-0.2, 0) is 23.3 Å². The van der Waals surface area contributed by atoms with Gasteiger partial charge in [-0.1, -0.05) is 62.3 Å². The van der Waals surface area contributed by atoms with Crippen molar-refractivity contribution in [1.29, 1.82) is 0 Å². The van der Waals surface area contributed by atoms with Crippen LogP contribution in [0.2, 0.25) is 0 Å². The van der Waals surface area contributed by atoms with E-state index in [0.29, 0.717) is 30.6 Å². The van der Waals surface area contributed by atoms with Crippen LogP contribution < -0.4 is 0 Å². The molecule has 0 fully saturated rings. The molecule has 0 spiro atoms. The number of hydrogen-bond acceptors (Lipinski definition) is 5. The Bertz CT molecular complexity index is 1200. The van der Waals surface area contributed by atoms with E-state index in [-0.39, 0.29) is 17.3 Å². The second-order valence-corrected chi connectivity index (χ2v) is 8.79. The van der Waals surface area contributed by atoms with Gasteiger partial charge >= 0.3 is 0 Å². The molecular formula is C24H23FN4O2. The molecule has 0 bridgehead atoms. The summed E-state index contributed by atoms with van der Waals surface area (Å²) in [6, 6.07) is 14.6. The van der Waals surface area contributed by atoms with Crippen LogP contribution in [-0.4, -0.2) is 19.7 Å². The van der Waals surface area contributed by atoms with Crippen molar-refractivity contribution in [2.75, 3.05) is 0 Å². The first-order valence-electron chi connectivity index (χ1n) is 10.2. The number of imidazole rings is 1. The van der Waals surface area contributed by atoms with Gasteiger partial charge < -0.3 is 13.8 Å². The zero-order chi connectivity index (χ0) is 21.6. The fourth-order valence-electron chi connectivity index (χ4n) is 3.74. The summed E-state index contributed by atoms with van der Waals surface area (Å²) in [6.07, 6.45) is 1.60. The van der Waals surface area contributed by atoms with Crippen molar-refractivity contribution in [2.24, 2.45) is 0 Å². The Morgan fingerprint density at radius 1 is 1.03 bits per heavy atom. The molecule has 0 radical (unpaired) electrons. The number of aromatic nitrogens is 4. The standard InChI is InChI=1S/C24H23FN4O2/c1-24(2,3)17-8-4-16(5-9-17)22-27-23(31-28-22)21-19-13-30-20(12-29(19)14-26-21)15-6-10-18(25)11-7-15/h4-11,14,20H,12-13H2,1-3H3/t20-/m0/s1. The second kappa shape index (κ2) is 7.42. The maximum atomic E-state index is 13.2. The van der Waals surface area contributed by atoms with Crippen LogP contribution in [0.1, 0.15) is 43.7 Å². The quantitative estimate of drug-likeness (QED) is 0.451. The van der Waals surface area contributed by atoms with E-state index in [1.165, 1.54) is 17.7 Å². The van der Waals surface area contributed by atoms with Crippen LogP contribution in [0.5, 0.6) is 0 Å². The smallest absolute Gasteiger partial charge is 0.278 e. The maximum Gasteiger partial charge on any atom is 0.278 e. The molecule has 5 rings (SSSR count). The third-order valence-corrected chi connectivity index (χ3v) is 5.61. The summed E-state index contributed by atoms with van der Waals surface area (Å²) in [5.41, 5.74) is 4.67. The van der Waals surface area contributed by atoms with Crippen molar-refractivity contribution >= 4 is 0 Å². The minimum Gasteiger partial charge on any atom is -0.365 e. The molecule has 0 aliphatic carbocycles.